The van der Waals surface area contributed by atoms with Crippen LogP contribution < -0.4 is 4.74 Å². The summed E-state index contributed by atoms with van der Waals surface area (Å²) in [7, 11) is 1.43. The van der Waals surface area contributed by atoms with Crippen LogP contribution in [0.5, 0.6) is 5.75 Å². The maximum absolute atomic E-state index is 13.6. The number of aliphatic hydroxyl groups is 1. The number of hydrogen-bond donors (Lipinski definition) is 1. The van der Waals surface area contributed by atoms with Crippen LogP contribution in [0.15, 0.2) is 78.9 Å². The number of rotatable bonds is 10. The molecule has 4 rings (SSSR count). The molecule has 1 heterocycles. The van der Waals surface area contributed by atoms with Crippen LogP contribution in [-0.4, -0.2) is 47.7 Å². The third kappa shape index (κ3) is 6.03. The van der Waals surface area contributed by atoms with Gasteiger partial charge in [0.05, 0.1) is 25.2 Å². The summed E-state index contributed by atoms with van der Waals surface area (Å²) in [5, 5.41) is 11.3. The quantitative estimate of drug-likeness (QED) is 0.389. The fraction of sp³-hybridized carbons (Fsp3) is 0.300. The molecule has 0 aliphatic carbocycles. The zero-order chi connectivity index (χ0) is 27.1. The Labute approximate surface area is 221 Å². The van der Waals surface area contributed by atoms with Crippen molar-refractivity contribution in [2.45, 2.75) is 38.5 Å². The Hall–Kier alpha value is -4.17. The molecule has 1 saturated heterocycles. The summed E-state index contributed by atoms with van der Waals surface area (Å²) >= 11 is 0. The number of imide groups is 1. The summed E-state index contributed by atoms with van der Waals surface area (Å²) in [5.41, 5.74) is 2.26. The van der Waals surface area contributed by atoms with Crippen molar-refractivity contribution in [2.75, 3.05) is 13.7 Å². The van der Waals surface area contributed by atoms with Crippen LogP contribution in [0, 0.1) is 5.92 Å². The van der Waals surface area contributed by atoms with Crippen molar-refractivity contribution in [3.05, 3.63) is 101 Å². The molecule has 1 aliphatic rings. The zero-order valence-corrected chi connectivity index (χ0v) is 21.4. The lowest BCUT2D eigenvalue weighted by atomic mass is 9.90. The van der Waals surface area contributed by atoms with Crippen LogP contribution in [0.1, 0.15) is 46.5 Å². The van der Waals surface area contributed by atoms with Gasteiger partial charge in [0.1, 0.15) is 24.5 Å². The molecule has 3 atom stereocenters. The van der Waals surface area contributed by atoms with Crippen LogP contribution in [0.25, 0.3) is 0 Å². The van der Waals surface area contributed by atoms with E-state index in [0.717, 1.165) is 16.0 Å². The number of carbonyl (C=O) groups is 3. The molecule has 8 nitrogen and oxygen atoms in total. The van der Waals surface area contributed by atoms with Gasteiger partial charge in [0.25, 0.3) is 0 Å². The molecule has 0 radical (unpaired) electrons. The molecular weight excluding hydrogens is 486 g/mol. The number of benzene rings is 3. The fourth-order valence-corrected chi connectivity index (χ4v) is 4.58. The molecule has 0 spiro atoms. The molecule has 1 aliphatic heterocycles. The normalized spacial score (nSPS) is 16.4. The summed E-state index contributed by atoms with van der Waals surface area (Å²) in [4.78, 5) is 40.1. The number of nitrogens with zero attached hydrogens (tertiary/aromatic N) is 1. The topological polar surface area (TPSA) is 102 Å². The number of aliphatic hydroxyl groups excluding tert-OH is 1. The Kier molecular flexibility index (Phi) is 8.76. The van der Waals surface area contributed by atoms with E-state index in [9.17, 15) is 19.5 Å². The molecule has 0 aromatic heterocycles. The smallest absolute Gasteiger partial charge is 0.416 e. The highest BCUT2D eigenvalue weighted by atomic mass is 16.6. The highest BCUT2D eigenvalue weighted by Crippen LogP contribution is 2.32. The van der Waals surface area contributed by atoms with Crippen molar-refractivity contribution in [3.63, 3.8) is 0 Å². The highest BCUT2D eigenvalue weighted by Gasteiger charge is 2.42. The molecule has 38 heavy (non-hydrogen) atoms. The average Bonchev–Trinajstić information content (AvgIpc) is 3.32. The Morgan fingerprint density at radius 2 is 1.68 bits per heavy atom. The van der Waals surface area contributed by atoms with Gasteiger partial charge in [-0.25, -0.2) is 14.5 Å². The second-order valence-electron chi connectivity index (χ2n) is 9.11. The molecule has 1 N–H and O–H groups in total. The summed E-state index contributed by atoms with van der Waals surface area (Å²) in [6.45, 7) is 1.93. The number of methoxy groups -OCH3 is 1. The van der Waals surface area contributed by atoms with Gasteiger partial charge in [0, 0.05) is 0 Å². The first kappa shape index (κ1) is 26.9. The minimum absolute atomic E-state index is 0.0750. The van der Waals surface area contributed by atoms with E-state index < -0.39 is 36.0 Å². The van der Waals surface area contributed by atoms with Crippen LogP contribution in [0.2, 0.25) is 0 Å². The summed E-state index contributed by atoms with van der Waals surface area (Å²) in [5.74, 6) is -1.79. The third-order valence-corrected chi connectivity index (χ3v) is 6.65. The van der Waals surface area contributed by atoms with Crippen molar-refractivity contribution in [1.29, 1.82) is 0 Å². The van der Waals surface area contributed by atoms with Gasteiger partial charge in [-0.1, -0.05) is 73.7 Å². The van der Waals surface area contributed by atoms with Crippen molar-refractivity contribution in [1.82, 2.24) is 4.90 Å². The van der Waals surface area contributed by atoms with Gasteiger partial charge in [-0.3, -0.25) is 4.79 Å². The van der Waals surface area contributed by atoms with Gasteiger partial charge in [0.2, 0.25) is 5.91 Å². The van der Waals surface area contributed by atoms with E-state index in [1.165, 1.54) is 13.2 Å². The number of ether oxygens (including phenoxy) is 3. The van der Waals surface area contributed by atoms with Crippen LogP contribution in [0.4, 0.5) is 4.79 Å². The van der Waals surface area contributed by atoms with Gasteiger partial charge in [-0.05, 0) is 41.7 Å². The predicted octanol–water partition coefficient (Wildman–Crippen LogP) is 4.70. The minimum atomic E-state index is -1.27. The van der Waals surface area contributed by atoms with E-state index in [0.29, 0.717) is 12.0 Å². The second-order valence-corrected chi connectivity index (χ2v) is 9.11. The first-order chi connectivity index (χ1) is 18.4. The van der Waals surface area contributed by atoms with E-state index in [1.54, 1.807) is 19.1 Å². The van der Waals surface area contributed by atoms with E-state index in [4.69, 9.17) is 14.2 Å². The Morgan fingerprint density at radius 1 is 1.03 bits per heavy atom. The maximum atomic E-state index is 13.6. The van der Waals surface area contributed by atoms with Crippen molar-refractivity contribution < 1.29 is 33.7 Å². The SMILES string of the molecule is CC[C@H](C(=O)N1C(=O)OCC1Cc1ccccc1)[C@H](O)c1ccc(OC)c(C(=O)OCc2ccccc2)c1. The van der Waals surface area contributed by atoms with E-state index in [2.05, 4.69) is 0 Å². The fourth-order valence-electron chi connectivity index (χ4n) is 4.58. The maximum Gasteiger partial charge on any atom is 0.416 e. The molecule has 0 bridgehead atoms. The number of carbonyl (C=O) groups excluding carboxylic acids is 3. The van der Waals surface area contributed by atoms with E-state index in [1.807, 2.05) is 60.7 Å². The average molecular weight is 518 g/mol. The first-order valence-electron chi connectivity index (χ1n) is 12.5. The zero-order valence-electron chi connectivity index (χ0n) is 21.4. The van der Waals surface area contributed by atoms with Crippen LogP contribution in [0.3, 0.4) is 0 Å². The summed E-state index contributed by atoms with van der Waals surface area (Å²) in [6, 6.07) is 22.9. The molecule has 3 aromatic rings. The molecule has 2 amide bonds. The Morgan fingerprint density at radius 3 is 2.32 bits per heavy atom. The van der Waals surface area contributed by atoms with E-state index in [-0.39, 0.29) is 30.9 Å². The molecule has 1 fully saturated rings. The lowest BCUT2D eigenvalue weighted by Gasteiger charge is -2.27. The van der Waals surface area contributed by atoms with Gasteiger partial charge in [0.15, 0.2) is 0 Å². The van der Waals surface area contributed by atoms with Crippen molar-refractivity contribution in [3.8, 4) is 5.75 Å². The minimum Gasteiger partial charge on any atom is -0.496 e. The van der Waals surface area contributed by atoms with Crippen molar-refractivity contribution in [2.24, 2.45) is 5.92 Å². The highest BCUT2D eigenvalue weighted by molar-refractivity contribution is 5.95. The first-order valence-corrected chi connectivity index (χ1v) is 12.5. The van der Waals surface area contributed by atoms with Gasteiger partial charge < -0.3 is 19.3 Å². The molecule has 8 heteroatoms. The number of cyclic esters (lactones) is 1. The number of hydrogen-bond acceptors (Lipinski definition) is 7. The molecule has 0 saturated carbocycles. The number of amides is 2. The number of esters is 1. The largest absolute Gasteiger partial charge is 0.496 e. The Balaban J connectivity index is 1.53. The van der Waals surface area contributed by atoms with Gasteiger partial charge in [-0.15, -0.1) is 0 Å². The summed E-state index contributed by atoms with van der Waals surface area (Å²) < 4.78 is 16.0. The van der Waals surface area contributed by atoms with Gasteiger partial charge >= 0.3 is 12.1 Å². The second kappa shape index (κ2) is 12.4. The third-order valence-electron chi connectivity index (χ3n) is 6.65. The lowest BCUT2D eigenvalue weighted by Crippen LogP contribution is -2.45. The Bertz CT molecular complexity index is 1260. The monoisotopic (exact) mass is 517 g/mol. The molecule has 3 aromatic carbocycles. The lowest BCUT2D eigenvalue weighted by molar-refractivity contribution is -0.137. The van der Waals surface area contributed by atoms with Crippen LogP contribution in [-0.2, 0) is 27.3 Å². The molecule has 198 valence electrons. The van der Waals surface area contributed by atoms with Gasteiger partial charge in [-0.2, -0.15) is 0 Å². The summed E-state index contributed by atoms with van der Waals surface area (Å²) in [6.07, 6.45) is -1.28. The van der Waals surface area contributed by atoms with Crippen molar-refractivity contribution >= 4 is 18.0 Å². The molecular formula is C30H31NO7. The molecule has 1 unspecified atom stereocenters. The standard InChI is InChI=1S/C30H31NO7/c1-3-24(28(33)31-23(19-38-30(31)35)16-20-10-6-4-7-11-20)27(32)22-14-15-26(36-2)25(17-22)29(34)37-18-21-12-8-5-9-13-21/h4-15,17,23-24,27,32H,3,16,18-19H2,1-2H3/t23?,24-,27+/m0/s1. The van der Waals surface area contributed by atoms with Crippen LogP contribution >= 0.6 is 0 Å². The van der Waals surface area contributed by atoms with E-state index >= 15 is 0 Å². The predicted molar refractivity (Wildman–Crippen MR) is 139 cm³/mol.